The van der Waals surface area contributed by atoms with Crippen LogP contribution >= 0.6 is 0 Å². The summed E-state index contributed by atoms with van der Waals surface area (Å²) in [6.07, 6.45) is 0.121. The van der Waals surface area contributed by atoms with Gasteiger partial charge >= 0.3 is 5.97 Å². The standard InChI is InChI=1S/C24H24N2O7/c1-31-19-8-4-16(5-9-19)21(27)15-33-24(30)17-2-6-18(7-3-17)26-22(28)14-20(23(26)29)25-10-12-32-13-11-25/h2-9,20H,10-15H2,1H3. The zero-order chi connectivity index (χ0) is 23.4. The summed E-state index contributed by atoms with van der Waals surface area (Å²) in [7, 11) is 1.53. The summed E-state index contributed by atoms with van der Waals surface area (Å²) in [5, 5.41) is 0. The highest BCUT2D eigenvalue weighted by molar-refractivity contribution is 6.22. The summed E-state index contributed by atoms with van der Waals surface area (Å²) in [5.41, 5.74) is 1.01. The Hall–Kier alpha value is -3.56. The van der Waals surface area contributed by atoms with Gasteiger partial charge in [0.2, 0.25) is 5.91 Å². The van der Waals surface area contributed by atoms with Gasteiger partial charge in [0.15, 0.2) is 12.4 Å². The number of nitrogens with zero attached hydrogens (tertiary/aromatic N) is 2. The normalized spacial score (nSPS) is 18.9. The molecule has 0 N–H and O–H groups in total. The number of carbonyl (C=O) groups is 4. The van der Waals surface area contributed by atoms with Gasteiger partial charge in [0, 0.05) is 18.7 Å². The molecule has 0 saturated carbocycles. The van der Waals surface area contributed by atoms with E-state index in [1.165, 1.54) is 31.4 Å². The van der Waals surface area contributed by atoms with Crippen LogP contribution in [0.15, 0.2) is 48.5 Å². The lowest BCUT2D eigenvalue weighted by Crippen LogP contribution is -2.47. The van der Waals surface area contributed by atoms with Crippen LogP contribution in [0.25, 0.3) is 0 Å². The Morgan fingerprint density at radius 1 is 0.970 bits per heavy atom. The average molecular weight is 452 g/mol. The summed E-state index contributed by atoms with van der Waals surface area (Å²) in [6, 6.07) is 12.0. The zero-order valence-electron chi connectivity index (χ0n) is 18.2. The summed E-state index contributed by atoms with van der Waals surface area (Å²) >= 11 is 0. The van der Waals surface area contributed by atoms with Crippen molar-refractivity contribution in [1.82, 2.24) is 4.90 Å². The van der Waals surface area contributed by atoms with Gasteiger partial charge in [0.1, 0.15) is 5.75 Å². The van der Waals surface area contributed by atoms with E-state index in [-0.39, 0.29) is 29.6 Å². The van der Waals surface area contributed by atoms with Crippen molar-refractivity contribution in [1.29, 1.82) is 0 Å². The molecule has 2 saturated heterocycles. The number of ether oxygens (including phenoxy) is 3. The third kappa shape index (κ3) is 4.94. The SMILES string of the molecule is COc1ccc(C(=O)COC(=O)c2ccc(N3C(=O)CC(N4CCOCC4)C3=O)cc2)cc1. The van der Waals surface area contributed by atoms with Crippen molar-refractivity contribution in [3.63, 3.8) is 0 Å². The fourth-order valence-electron chi connectivity index (χ4n) is 3.88. The molecule has 2 fully saturated rings. The van der Waals surface area contributed by atoms with Crippen LogP contribution in [0, 0.1) is 0 Å². The molecule has 1 unspecified atom stereocenters. The Morgan fingerprint density at radius 3 is 2.24 bits per heavy atom. The number of morpholine rings is 1. The third-order valence-corrected chi connectivity index (χ3v) is 5.72. The number of hydrogen-bond donors (Lipinski definition) is 0. The van der Waals surface area contributed by atoms with Gasteiger partial charge in [-0.1, -0.05) is 0 Å². The number of amides is 2. The van der Waals surface area contributed by atoms with E-state index in [1.54, 1.807) is 24.3 Å². The number of hydrogen-bond acceptors (Lipinski definition) is 8. The highest BCUT2D eigenvalue weighted by Crippen LogP contribution is 2.26. The monoisotopic (exact) mass is 452 g/mol. The van der Waals surface area contributed by atoms with Crippen LogP contribution < -0.4 is 9.64 Å². The summed E-state index contributed by atoms with van der Waals surface area (Å²) in [6.45, 7) is 1.89. The molecule has 2 amide bonds. The van der Waals surface area contributed by atoms with Crippen molar-refractivity contribution in [2.24, 2.45) is 0 Å². The van der Waals surface area contributed by atoms with Crippen molar-refractivity contribution in [3.8, 4) is 5.75 Å². The van der Waals surface area contributed by atoms with Gasteiger partial charge in [0.05, 0.1) is 44.0 Å². The molecule has 2 aromatic carbocycles. The molecule has 4 rings (SSSR count). The highest BCUT2D eigenvalue weighted by Gasteiger charge is 2.43. The van der Waals surface area contributed by atoms with Crippen LogP contribution in [0.4, 0.5) is 5.69 Å². The van der Waals surface area contributed by atoms with Crippen LogP contribution in [0.5, 0.6) is 5.75 Å². The van der Waals surface area contributed by atoms with E-state index in [2.05, 4.69) is 0 Å². The number of esters is 1. The molecule has 0 aromatic heterocycles. The molecular weight excluding hydrogens is 428 g/mol. The molecule has 9 heteroatoms. The first-order valence-electron chi connectivity index (χ1n) is 10.6. The molecule has 2 aliphatic rings. The first-order valence-corrected chi connectivity index (χ1v) is 10.6. The maximum atomic E-state index is 12.9. The molecule has 9 nitrogen and oxygen atoms in total. The number of carbonyl (C=O) groups excluding carboxylic acids is 4. The number of imide groups is 1. The average Bonchev–Trinajstić information content (AvgIpc) is 3.16. The zero-order valence-corrected chi connectivity index (χ0v) is 18.2. The molecule has 33 heavy (non-hydrogen) atoms. The minimum absolute atomic E-state index is 0.121. The van der Waals surface area contributed by atoms with Gasteiger partial charge in [-0.25, -0.2) is 9.69 Å². The summed E-state index contributed by atoms with van der Waals surface area (Å²) in [4.78, 5) is 53.1. The Labute approximate surface area is 190 Å². The molecule has 2 heterocycles. The highest BCUT2D eigenvalue weighted by atomic mass is 16.5. The second-order valence-electron chi connectivity index (χ2n) is 7.71. The third-order valence-electron chi connectivity index (χ3n) is 5.72. The lowest BCUT2D eigenvalue weighted by molar-refractivity contribution is -0.123. The number of rotatable bonds is 7. The quantitative estimate of drug-likeness (QED) is 0.355. The molecule has 2 aliphatic heterocycles. The Morgan fingerprint density at radius 2 is 1.61 bits per heavy atom. The van der Waals surface area contributed by atoms with Crippen LogP contribution in [0.2, 0.25) is 0 Å². The fourth-order valence-corrected chi connectivity index (χ4v) is 3.88. The van der Waals surface area contributed by atoms with Crippen molar-refractivity contribution in [3.05, 3.63) is 59.7 Å². The molecule has 1 atom stereocenters. The van der Waals surface area contributed by atoms with E-state index in [4.69, 9.17) is 14.2 Å². The first kappa shape index (κ1) is 22.6. The first-order chi connectivity index (χ1) is 16.0. The van der Waals surface area contributed by atoms with E-state index < -0.39 is 18.6 Å². The van der Waals surface area contributed by atoms with Crippen LogP contribution in [-0.2, 0) is 19.1 Å². The fraction of sp³-hybridized carbons (Fsp3) is 0.333. The number of benzene rings is 2. The number of anilines is 1. The minimum Gasteiger partial charge on any atom is -0.497 e. The van der Waals surface area contributed by atoms with Gasteiger partial charge in [0.25, 0.3) is 5.91 Å². The number of ketones is 1. The topological polar surface area (TPSA) is 102 Å². The van der Waals surface area contributed by atoms with E-state index >= 15 is 0 Å². The van der Waals surface area contributed by atoms with Gasteiger partial charge in [-0.05, 0) is 48.5 Å². The number of Topliss-reactive ketones (excluding diaryl/α,β-unsaturated/α-hetero) is 1. The van der Waals surface area contributed by atoms with E-state index in [0.717, 1.165) is 4.90 Å². The Balaban J connectivity index is 1.36. The molecule has 0 radical (unpaired) electrons. The Kier molecular flexibility index (Phi) is 6.81. The lowest BCUT2D eigenvalue weighted by atomic mass is 10.1. The maximum absolute atomic E-state index is 12.9. The smallest absolute Gasteiger partial charge is 0.338 e. The van der Waals surface area contributed by atoms with Crippen molar-refractivity contribution in [2.45, 2.75) is 12.5 Å². The lowest BCUT2D eigenvalue weighted by Gasteiger charge is -2.30. The largest absolute Gasteiger partial charge is 0.497 e. The molecular formula is C24H24N2O7. The predicted molar refractivity (Wildman–Crippen MR) is 117 cm³/mol. The van der Waals surface area contributed by atoms with Crippen LogP contribution in [0.3, 0.4) is 0 Å². The minimum atomic E-state index is -0.673. The summed E-state index contributed by atoms with van der Waals surface area (Å²) < 4.78 is 15.5. The molecule has 172 valence electrons. The molecule has 2 aromatic rings. The van der Waals surface area contributed by atoms with Crippen LogP contribution in [-0.4, -0.2) is 74.5 Å². The van der Waals surface area contributed by atoms with Crippen molar-refractivity contribution in [2.75, 3.05) is 44.9 Å². The Bertz CT molecular complexity index is 1040. The van der Waals surface area contributed by atoms with Crippen molar-refractivity contribution >= 4 is 29.3 Å². The van der Waals surface area contributed by atoms with Crippen LogP contribution in [0.1, 0.15) is 27.1 Å². The molecule has 0 aliphatic carbocycles. The molecule has 0 spiro atoms. The van der Waals surface area contributed by atoms with Gasteiger partial charge in [-0.2, -0.15) is 0 Å². The van der Waals surface area contributed by atoms with Gasteiger partial charge in [-0.15, -0.1) is 0 Å². The second kappa shape index (κ2) is 9.93. The second-order valence-corrected chi connectivity index (χ2v) is 7.71. The van der Waals surface area contributed by atoms with Crippen molar-refractivity contribution < 1.29 is 33.4 Å². The van der Waals surface area contributed by atoms with E-state index in [0.29, 0.717) is 43.3 Å². The summed E-state index contributed by atoms with van der Waals surface area (Å²) in [5.74, 6) is -0.951. The van der Waals surface area contributed by atoms with Gasteiger partial charge < -0.3 is 14.2 Å². The predicted octanol–water partition coefficient (Wildman–Crippen LogP) is 1.70. The van der Waals surface area contributed by atoms with E-state index in [1.807, 2.05) is 4.90 Å². The maximum Gasteiger partial charge on any atom is 0.338 e. The molecule has 0 bridgehead atoms. The van der Waals surface area contributed by atoms with E-state index in [9.17, 15) is 19.2 Å². The number of methoxy groups -OCH3 is 1. The van der Waals surface area contributed by atoms with Gasteiger partial charge in [-0.3, -0.25) is 19.3 Å².